The van der Waals surface area contributed by atoms with E-state index in [1.165, 1.54) is 0 Å². The molecule has 1 saturated heterocycles. The Kier molecular flexibility index (Phi) is 11.7. The molecule has 2 aromatic carbocycles. The van der Waals surface area contributed by atoms with Gasteiger partial charge >= 0.3 is 6.03 Å². The summed E-state index contributed by atoms with van der Waals surface area (Å²) in [7, 11) is 0. The number of nitrogens with two attached hydrogens (primary N) is 1. The van der Waals surface area contributed by atoms with Crippen LogP contribution in [0.3, 0.4) is 0 Å². The number of nitrogens with zero attached hydrogens (tertiary/aromatic N) is 2. The summed E-state index contributed by atoms with van der Waals surface area (Å²) >= 11 is 0. The Hall–Kier alpha value is -4.28. The van der Waals surface area contributed by atoms with Crippen molar-refractivity contribution in [3.63, 3.8) is 0 Å². The van der Waals surface area contributed by atoms with E-state index in [-0.39, 0.29) is 36.7 Å². The van der Waals surface area contributed by atoms with Gasteiger partial charge in [0.15, 0.2) is 5.78 Å². The van der Waals surface area contributed by atoms with E-state index in [0.29, 0.717) is 36.5 Å². The summed E-state index contributed by atoms with van der Waals surface area (Å²) in [5.41, 5.74) is 9.85. The number of amides is 3. The van der Waals surface area contributed by atoms with Crippen molar-refractivity contribution in [1.29, 1.82) is 0 Å². The number of aliphatic hydroxyl groups excluding tert-OH is 1. The highest BCUT2D eigenvalue weighted by molar-refractivity contribution is 5.88. The number of Topliss-reactive ketones (excluding diaryl/α,β-unsaturated/α-hetero) is 1. The van der Waals surface area contributed by atoms with Gasteiger partial charge in [-0.2, -0.15) is 0 Å². The molecule has 1 fully saturated rings. The van der Waals surface area contributed by atoms with E-state index in [2.05, 4.69) is 15.6 Å². The zero-order valence-electron chi connectivity index (χ0n) is 26.5. The van der Waals surface area contributed by atoms with Crippen LogP contribution in [0.25, 0.3) is 0 Å². The normalized spacial score (nSPS) is 16.4. The summed E-state index contributed by atoms with van der Waals surface area (Å²) in [6, 6.07) is 18.3. The van der Waals surface area contributed by atoms with E-state index >= 15 is 0 Å². The molecule has 5 N–H and O–H groups in total. The van der Waals surface area contributed by atoms with Crippen molar-refractivity contribution in [3.8, 4) is 5.75 Å². The van der Waals surface area contributed by atoms with Gasteiger partial charge in [0.2, 0.25) is 5.91 Å². The zero-order chi connectivity index (χ0) is 32.5. The fourth-order valence-electron chi connectivity index (χ4n) is 6.05. The SMILES string of the molecule is Cc1ccnc(C)c1OCC(=O)[C@@H](C(N)c1ccccc1)[C@@H](O)C[C@H](Cc1ccccc1)NC(=O)C(C(C)C)N1CCNC1=O. The molecule has 2 unspecified atom stereocenters. The van der Waals surface area contributed by atoms with E-state index in [4.69, 9.17) is 10.5 Å². The fraction of sp³-hybridized carbons (Fsp3) is 0.429. The smallest absolute Gasteiger partial charge is 0.318 e. The predicted molar refractivity (Wildman–Crippen MR) is 173 cm³/mol. The first kappa shape index (κ1) is 33.6. The molecule has 10 nitrogen and oxygen atoms in total. The molecule has 240 valence electrons. The molecule has 3 aromatic rings. The van der Waals surface area contributed by atoms with Crippen LogP contribution in [0.15, 0.2) is 72.9 Å². The number of nitrogens with one attached hydrogen (secondary N) is 2. The van der Waals surface area contributed by atoms with E-state index in [1.54, 1.807) is 11.1 Å². The predicted octanol–water partition coefficient (Wildman–Crippen LogP) is 3.49. The number of carbonyl (C=O) groups is 3. The summed E-state index contributed by atoms with van der Waals surface area (Å²) in [5, 5.41) is 17.7. The summed E-state index contributed by atoms with van der Waals surface area (Å²) < 4.78 is 5.94. The lowest BCUT2D eigenvalue weighted by Gasteiger charge is -2.33. The first-order chi connectivity index (χ1) is 21.6. The second kappa shape index (κ2) is 15.6. The maximum atomic E-state index is 13.8. The Morgan fingerprint density at radius 2 is 1.73 bits per heavy atom. The van der Waals surface area contributed by atoms with Crippen LogP contribution in [-0.4, -0.2) is 70.6 Å². The first-order valence-electron chi connectivity index (χ1n) is 15.5. The number of hydrogen-bond acceptors (Lipinski definition) is 7. The molecule has 0 aliphatic carbocycles. The monoisotopic (exact) mass is 615 g/mol. The van der Waals surface area contributed by atoms with Crippen LogP contribution in [0.4, 0.5) is 4.79 Å². The van der Waals surface area contributed by atoms with E-state index in [1.807, 2.05) is 94.4 Å². The maximum Gasteiger partial charge on any atom is 0.318 e. The molecule has 2 heterocycles. The van der Waals surface area contributed by atoms with Gasteiger partial charge in [-0.15, -0.1) is 0 Å². The van der Waals surface area contributed by atoms with Gasteiger partial charge < -0.3 is 31.1 Å². The molecular formula is C35H45N5O5. The van der Waals surface area contributed by atoms with Gasteiger partial charge in [-0.05, 0) is 55.4 Å². The van der Waals surface area contributed by atoms with Crippen LogP contribution in [-0.2, 0) is 16.0 Å². The standard InChI is InChI=1S/C35H45N5O5/c1-22(2)32(40-18-17-38-35(40)44)34(43)39-27(19-25-11-7-5-8-12-25)20-28(41)30(31(36)26-13-9-6-10-14-26)29(42)21-45-33-23(3)15-16-37-24(33)4/h5-16,22,27-28,30-32,41H,17-21,36H2,1-4H3,(H,38,44)(H,39,43)/t27-,28-,30-,31?,32?/m0/s1. The van der Waals surface area contributed by atoms with Crippen LogP contribution in [0.1, 0.15) is 48.7 Å². The third-order valence-corrected chi connectivity index (χ3v) is 8.32. The van der Waals surface area contributed by atoms with Crippen LogP contribution >= 0.6 is 0 Å². The number of benzene rings is 2. The Morgan fingerprint density at radius 3 is 2.33 bits per heavy atom. The molecule has 10 heteroatoms. The number of carbonyl (C=O) groups excluding carboxylic acids is 3. The van der Waals surface area contributed by atoms with E-state index < -0.39 is 30.1 Å². The average molecular weight is 616 g/mol. The van der Waals surface area contributed by atoms with Crippen LogP contribution in [0, 0.1) is 25.7 Å². The highest BCUT2D eigenvalue weighted by Gasteiger charge is 2.38. The molecule has 0 spiro atoms. The lowest BCUT2D eigenvalue weighted by atomic mass is 9.82. The van der Waals surface area contributed by atoms with E-state index in [0.717, 1.165) is 11.1 Å². The third kappa shape index (κ3) is 8.67. The molecule has 0 saturated carbocycles. The number of rotatable bonds is 15. The van der Waals surface area contributed by atoms with Crippen molar-refractivity contribution in [2.75, 3.05) is 19.7 Å². The summed E-state index contributed by atoms with van der Waals surface area (Å²) in [4.78, 5) is 45.9. The zero-order valence-corrected chi connectivity index (χ0v) is 26.5. The van der Waals surface area contributed by atoms with Crippen molar-refractivity contribution >= 4 is 17.7 Å². The molecule has 0 bridgehead atoms. The number of pyridine rings is 1. The van der Waals surface area contributed by atoms with Gasteiger partial charge in [0.1, 0.15) is 18.4 Å². The molecule has 1 aromatic heterocycles. The number of ether oxygens (including phenoxy) is 1. The fourth-order valence-corrected chi connectivity index (χ4v) is 6.05. The molecule has 4 rings (SSSR count). The Labute approximate surface area is 265 Å². The summed E-state index contributed by atoms with van der Waals surface area (Å²) in [5.74, 6) is -1.32. The maximum absolute atomic E-state index is 13.8. The number of urea groups is 1. The van der Waals surface area contributed by atoms with Gasteiger partial charge in [0.25, 0.3) is 0 Å². The average Bonchev–Trinajstić information content (AvgIpc) is 3.42. The number of hydrogen-bond donors (Lipinski definition) is 4. The minimum Gasteiger partial charge on any atom is -0.484 e. The highest BCUT2D eigenvalue weighted by atomic mass is 16.5. The van der Waals surface area contributed by atoms with Gasteiger partial charge in [-0.1, -0.05) is 74.5 Å². The lowest BCUT2D eigenvalue weighted by molar-refractivity contribution is -0.130. The quantitative estimate of drug-likeness (QED) is 0.205. The molecule has 5 atom stereocenters. The topological polar surface area (TPSA) is 147 Å². The second-order valence-electron chi connectivity index (χ2n) is 12.1. The number of aliphatic hydroxyl groups is 1. The minimum absolute atomic E-state index is 0.0551. The van der Waals surface area contributed by atoms with Crippen molar-refractivity contribution in [2.24, 2.45) is 17.6 Å². The number of aryl methyl sites for hydroxylation is 2. The minimum atomic E-state index is -1.21. The van der Waals surface area contributed by atoms with Gasteiger partial charge in [0.05, 0.1) is 17.7 Å². The van der Waals surface area contributed by atoms with Gasteiger partial charge in [-0.25, -0.2) is 4.79 Å². The lowest BCUT2D eigenvalue weighted by Crippen LogP contribution is -2.54. The summed E-state index contributed by atoms with van der Waals surface area (Å²) in [6.45, 7) is 8.09. The first-order valence-corrected chi connectivity index (χ1v) is 15.5. The Morgan fingerprint density at radius 1 is 1.07 bits per heavy atom. The van der Waals surface area contributed by atoms with Gasteiger partial charge in [-0.3, -0.25) is 14.6 Å². The highest BCUT2D eigenvalue weighted by Crippen LogP contribution is 2.28. The molecule has 0 radical (unpaired) electrons. The Balaban J connectivity index is 1.60. The van der Waals surface area contributed by atoms with Crippen LogP contribution in [0.5, 0.6) is 5.75 Å². The van der Waals surface area contributed by atoms with Crippen molar-refractivity contribution in [2.45, 2.75) is 64.8 Å². The molecule has 1 aliphatic heterocycles. The molecule has 1 aliphatic rings. The van der Waals surface area contributed by atoms with Crippen molar-refractivity contribution < 1.29 is 24.2 Å². The largest absolute Gasteiger partial charge is 0.484 e. The molecule has 3 amide bonds. The van der Waals surface area contributed by atoms with Crippen LogP contribution < -0.4 is 21.1 Å². The Bertz CT molecular complexity index is 1410. The van der Waals surface area contributed by atoms with Crippen molar-refractivity contribution in [3.05, 3.63) is 95.3 Å². The third-order valence-electron chi connectivity index (χ3n) is 8.32. The van der Waals surface area contributed by atoms with Crippen molar-refractivity contribution in [1.82, 2.24) is 20.5 Å². The second-order valence-corrected chi connectivity index (χ2v) is 12.1. The number of aromatic nitrogens is 1. The molecular weight excluding hydrogens is 570 g/mol. The number of ketones is 1. The van der Waals surface area contributed by atoms with Gasteiger partial charge in [0, 0.05) is 31.4 Å². The molecule has 45 heavy (non-hydrogen) atoms. The van der Waals surface area contributed by atoms with Crippen LogP contribution in [0.2, 0.25) is 0 Å². The van der Waals surface area contributed by atoms with E-state index in [9.17, 15) is 19.5 Å². The summed E-state index contributed by atoms with van der Waals surface area (Å²) in [6.07, 6.45) is 0.930.